The van der Waals surface area contributed by atoms with E-state index in [0.29, 0.717) is 0 Å². The van der Waals surface area contributed by atoms with Crippen LogP contribution in [-0.4, -0.2) is 6.54 Å². The molecule has 0 aliphatic heterocycles. The van der Waals surface area contributed by atoms with Gasteiger partial charge in [-0.2, -0.15) is 0 Å². The number of furan rings is 1. The van der Waals surface area contributed by atoms with Crippen LogP contribution in [0.2, 0.25) is 0 Å². The van der Waals surface area contributed by atoms with Crippen LogP contribution in [0.15, 0.2) is 34.9 Å². The van der Waals surface area contributed by atoms with E-state index in [1.165, 1.54) is 43.2 Å². The highest BCUT2D eigenvalue weighted by Crippen LogP contribution is 2.56. The second-order valence-corrected chi connectivity index (χ2v) is 8.02. The summed E-state index contributed by atoms with van der Waals surface area (Å²) in [6.45, 7) is 2.21. The fourth-order valence-corrected chi connectivity index (χ4v) is 5.88. The van der Waals surface area contributed by atoms with Crippen molar-refractivity contribution >= 4 is 11.0 Å². The van der Waals surface area contributed by atoms with E-state index >= 15 is 0 Å². The molecule has 0 amide bonds. The van der Waals surface area contributed by atoms with Gasteiger partial charge in [0, 0.05) is 11.9 Å². The minimum Gasteiger partial charge on any atom is -0.464 e. The average molecular weight is 295 g/mol. The molecule has 4 saturated carbocycles. The predicted octanol–water partition coefficient (Wildman–Crippen LogP) is 4.59. The van der Waals surface area contributed by atoms with Crippen molar-refractivity contribution in [2.75, 3.05) is 6.54 Å². The second kappa shape index (κ2) is 5.13. The molecule has 2 nitrogen and oxygen atoms in total. The Balaban J connectivity index is 1.22. The first-order chi connectivity index (χ1) is 10.8. The van der Waals surface area contributed by atoms with Crippen LogP contribution in [-0.2, 0) is 6.54 Å². The molecule has 4 fully saturated rings. The molecule has 0 atom stereocenters. The van der Waals surface area contributed by atoms with Gasteiger partial charge in [0.25, 0.3) is 0 Å². The summed E-state index contributed by atoms with van der Waals surface area (Å²) in [5.41, 5.74) is 2.36. The number of hydrogen-bond acceptors (Lipinski definition) is 2. The van der Waals surface area contributed by atoms with Crippen molar-refractivity contribution in [2.24, 2.45) is 29.6 Å². The standard InChI is InChI=1S/C20H25NO/c1-2-20-16(3-4-22-20)6-13(1)11-21-12-19-17-7-14-5-15(9-17)10-18(19)8-14/h1-4,6,14-15,17-19,21H,5,7-12H2. The van der Waals surface area contributed by atoms with E-state index in [4.69, 9.17) is 4.42 Å². The zero-order chi connectivity index (χ0) is 14.5. The van der Waals surface area contributed by atoms with Gasteiger partial charge in [0.05, 0.1) is 6.26 Å². The summed E-state index contributed by atoms with van der Waals surface area (Å²) in [4.78, 5) is 0. The molecule has 4 aliphatic carbocycles. The number of nitrogens with one attached hydrogen (secondary N) is 1. The third-order valence-corrected chi connectivity index (χ3v) is 6.65. The van der Waals surface area contributed by atoms with E-state index in [0.717, 1.165) is 41.7 Å². The summed E-state index contributed by atoms with van der Waals surface area (Å²) in [5.74, 6) is 5.18. The Bertz CT molecular complexity index is 645. The highest BCUT2D eigenvalue weighted by atomic mass is 16.3. The number of fused-ring (bicyclic) bond motifs is 1. The topological polar surface area (TPSA) is 25.2 Å². The molecule has 0 radical (unpaired) electrons. The monoisotopic (exact) mass is 295 g/mol. The first-order valence-corrected chi connectivity index (χ1v) is 9.02. The molecule has 1 heterocycles. The molecule has 0 unspecified atom stereocenters. The molecule has 4 aliphatic rings. The lowest BCUT2D eigenvalue weighted by Crippen LogP contribution is -2.48. The van der Waals surface area contributed by atoms with Crippen LogP contribution < -0.4 is 5.32 Å². The van der Waals surface area contributed by atoms with Gasteiger partial charge < -0.3 is 9.73 Å². The Hall–Kier alpha value is -1.28. The minimum atomic E-state index is 0.949. The highest BCUT2D eigenvalue weighted by Gasteiger charge is 2.47. The molecule has 1 N–H and O–H groups in total. The maximum atomic E-state index is 5.42. The lowest BCUT2D eigenvalue weighted by atomic mass is 9.52. The van der Waals surface area contributed by atoms with Crippen LogP contribution in [0.4, 0.5) is 0 Å². The van der Waals surface area contributed by atoms with Gasteiger partial charge in [0.1, 0.15) is 5.58 Å². The lowest BCUT2D eigenvalue weighted by molar-refractivity contribution is -0.0355. The van der Waals surface area contributed by atoms with Crippen LogP contribution in [0.25, 0.3) is 11.0 Å². The number of hydrogen-bond donors (Lipinski definition) is 1. The van der Waals surface area contributed by atoms with E-state index in [9.17, 15) is 0 Å². The summed E-state index contributed by atoms with van der Waals surface area (Å²) < 4.78 is 5.42. The van der Waals surface area contributed by atoms with E-state index < -0.39 is 0 Å². The van der Waals surface area contributed by atoms with Crippen LogP contribution in [0, 0.1) is 29.6 Å². The van der Waals surface area contributed by atoms with Gasteiger partial charge in [0.15, 0.2) is 0 Å². The largest absolute Gasteiger partial charge is 0.464 e. The lowest BCUT2D eigenvalue weighted by Gasteiger charge is -2.54. The van der Waals surface area contributed by atoms with Gasteiger partial charge in [-0.3, -0.25) is 0 Å². The SMILES string of the molecule is c1cc2cc(CNCC3C4CC5CC(C4)CC3C5)ccc2o1. The highest BCUT2D eigenvalue weighted by molar-refractivity contribution is 5.77. The molecular formula is C20H25NO. The van der Waals surface area contributed by atoms with E-state index in [-0.39, 0.29) is 0 Å². The Morgan fingerprint density at radius 3 is 2.50 bits per heavy atom. The molecular weight excluding hydrogens is 270 g/mol. The summed E-state index contributed by atoms with van der Waals surface area (Å²) in [5, 5.41) is 4.97. The third kappa shape index (κ3) is 2.20. The first-order valence-electron chi connectivity index (χ1n) is 9.02. The van der Waals surface area contributed by atoms with Gasteiger partial charge in [-0.1, -0.05) is 6.07 Å². The molecule has 22 heavy (non-hydrogen) atoms. The predicted molar refractivity (Wildman–Crippen MR) is 88.5 cm³/mol. The van der Waals surface area contributed by atoms with Crippen molar-refractivity contribution < 1.29 is 4.42 Å². The number of rotatable bonds is 4. The quantitative estimate of drug-likeness (QED) is 0.892. The van der Waals surface area contributed by atoms with Crippen molar-refractivity contribution in [3.63, 3.8) is 0 Å². The molecule has 116 valence electrons. The average Bonchev–Trinajstić information content (AvgIpc) is 2.97. The summed E-state index contributed by atoms with van der Waals surface area (Å²) in [6.07, 6.45) is 9.44. The maximum absolute atomic E-state index is 5.42. The molecule has 2 heteroatoms. The molecule has 0 spiro atoms. The summed E-state index contributed by atoms with van der Waals surface area (Å²) >= 11 is 0. The molecule has 1 aromatic carbocycles. The van der Waals surface area contributed by atoms with Crippen molar-refractivity contribution in [3.05, 3.63) is 36.1 Å². The molecule has 1 aromatic heterocycles. The van der Waals surface area contributed by atoms with E-state index in [1.807, 2.05) is 0 Å². The Morgan fingerprint density at radius 2 is 1.73 bits per heavy atom. The zero-order valence-corrected chi connectivity index (χ0v) is 13.1. The fraction of sp³-hybridized carbons (Fsp3) is 0.600. The number of benzene rings is 1. The fourth-order valence-electron chi connectivity index (χ4n) is 5.88. The van der Waals surface area contributed by atoms with Gasteiger partial charge >= 0.3 is 0 Å². The Labute approximate surface area is 132 Å². The first kappa shape index (κ1) is 13.2. The van der Waals surface area contributed by atoms with Gasteiger partial charge in [-0.15, -0.1) is 0 Å². The maximum Gasteiger partial charge on any atom is 0.133 e. The Morgan fingerprint density at radius 1 is 0.955 bits per heavy atom. The Kier molecular flexibility index (Phi) is 3.07. The van der Waals surface area contributed by atoms with Crippen LogP contribution in [0.3, 0.4) is 0 Å². The van der Waals surface area contributed by atoms with Crippen LogP contribution in [0.1, 0.15) is 37.7 Å². The summed E-state index contributed by atoms with van der Waals surface area (Å²) in [6, 6.07) is 8.59. The molecule has 6 rings (SSSR count). The van der Waals surface area contributed by atoms with Crippen LogP contribution >= 0.6 is 0 Å². The normalized spacial score (nSPS) is 36.3. The van der Waals surface area contributed by atoms with Crippen molar-refractivity contribution in [1.82, 2.24) is 5.32 Å². The van der Waals surface area contributed by atoms with Crippen molar-refractivity contribution in [2.45, 2.75) is 38.6 Å². The smallest absolute Gasteiger partial charge is 0.133 e. The summed E-state index contributed by atoms with van der Waals surface area (Å²) in [7, 11) is 0. The van der Waals surface area contributed by atoms with E-state index in [1.54, 1.807) is 12.7 Å². The van der Waals surface area contributed by atoms with Crippen LogP contribution in [0.5, 0.6) is 0 Å². The van der Waals surface area contributed by atoms with Gasteiger partial charge in [-0.05, 0) is 92.0 Å². The van der Waals surface area contributed by atoms with E-state index in [2.05, 4.69) is 29.6 Å². The third-order valence-electron chi connectivity index (χ3n) is 6.65. The minimum absolute atomic E-state index is 0.949. The van der Waals surface area contributed by atoms with Gasteiger partial charge in [-0.25, -0.2) is 0 Å². The molecule has 4 bridgehead atoms. The zero-order valence-electron chi connectivity index (χ0n) is 13.1. The van der Waals surface area contributed by atoms with Crippen molar-refractivity contribution in [1.29, 1.82) is 0 Å². The molecule has 2 aromatic rings. The molecule has 0 saturated heterocycles. The van der Waals surface area contributed by atoms with Crippen molar-refractivity contribution in [3.8, 4) is 0 Å². The van der Waals surface area contributed by atoms with Gasteiger partial charge in [0.2, 0.25) is 0 Å². The second-order valence-electron chi connectivity index (χ2n) is 8.02.